The van der Waals surface area contributed by atoms with Crippen molar-refractivity contribution in [1.82, 2.24) is 20.2 Å². The highest BCUT2D eigenvalue weighted by molar-refractivity contribution is 7.99. The average molecular weight is 460 g/mol. The standard InChI is InChI=1S/C24H21N5O3S/c1-32-20-12-13-21(30)18(14-20)15-25-26-22(31)16-33-24-28-27-23(17-8-4-2-5-9-17)29(24)19-10-6-3-7-11-19/h2-15,30H,16H2,1H3,(H,26,31)/b25-15+. The third-order valence-corrected chi connectivity index (χ3v) is 5.57. The number of amides is 1. The van der Waals surface area contributed by atoms with Gasteiger partial charge in [-0.2, -0.15) is 5.10 Å². The maximum absolute atomic E-state index is 12.3. The average Bonchev–Trinajstić information content (AvgIpc) is 3.29. The number of aromatic hydroxyl groups is 1. The Balaban J connectivity index is 1.47. The Labute approximate surface area is 194 Å². The van der Waals surface area contributed by atoms with Gasteiger partial charge in [0.2, 0.25) is 0 Å². The van der Waals surface area contributed by atoms with E-state index in [9.17, 15) is 9.90 Å². The quantitative estimate of drug-likeness (QED) is 0.235. The van der Waals surface area contributed by atoms with E-state index in [2.05, 4.69) is 20.7 Å². The fourth-order valence-corrected chi connectivity index (χ4v) is 3.79. The third kappa shape index (κ3) is 5.39. The van der Waals surface area contributed by atoms with E-state index in [1.165, 1.54) is 31.2 Å². The number of carbonyl (C=O) groups is 1. The van der Waals surface area contributed by atoms with E-state index in [0.29, 0.717) is 22.3 Å². The van der Waals surface area contributed by atoms with Crippen molar-refractivity contribution in [2.75, 3.05) is 12.9 Å². The Morgan fingerprint density at radius 2 is 1.82 bits per heavy atom. The van der Waals surface area contributed by atoms with Crippen LogP contribution in [0.3, 0.4) is 0 Å². The SMILES string of the molecule is COc1ccc(O)c(/C=N/NC(=O)CSc2nnc(-c3ccccc3)n2-c2ccccc2)c1. The van der Waals surface area contributed by atoms with Crippen molar-refractivity contribution < 1.29 is 14.6 Å². The van der Waals surface area contributed by atoms with Gasteiger partial charge in [-0.1, -0.05) is 60.3 Å². The van der Waals surface area contributed by atoms with Crippen LogP contribution in [0.15, 0.2) is 89.1 Å². The fraction of sp³-hybridized carbons (Fsp3) is 0.0833. The number of carbonyl (C=O) groups excluding carboxylic acids is 1. The Morgan fingerprint density at radius 3 is 2.55 bits per heavy atom. The lowest BCUT2D eigenvalue weighted by Gasteiger charge is -2.10. The molecule has 0 atom stereocenters. The molecule has 1 amide bonds. The van der Waals surface area contributed by atoms with Crippen LogP contribution in [0.25, 0.3) is 17.1 Å². The van der Waals surface area contributed by atoms with Gasteiger partial charge in [0.05, 0.1) is 19.1 Å². The van der Waals surface area contributed by atoms with E-state index in [1.54, 1.807) is 12.1 Å². The van der Waals surface area contributed by atoms with Crippen LogP contribution in [0.4, 0.5) is 0 Å². The molecule has 0 unspecified atom stereocenters. The van der Waals surface area contributed by atoms with Crippen molar-refractivity contribution in [3.05, 3.63) is 84.4 Å². The molecule has 0 spiro atoms. The third-order valence-electron chi connectivity index (χ3n) is 4.64. The Kier molecular flexibility index (Phi) is 7.01. The zero-order valence-corrected chi connectivity index (χ0v) is 18.6. The summed E-state index contributed by atoms with van der Waals surface area (Å²) in [6.45, 7) is 0. The Hall–Kier alpha value is -4.11. The molecule has 0 aliphatic carbocycles. The van der Waals surface area contributed by atoms with E-state index in [1.807, 2.05) is 65.2 Å². The molecule has 166 valence electrons. The Bertz CT molecular complexity index is 1260. The van der Waals surface area contributed by atoms with E-state index >= 15 is 0 Å². The lowest BCUT2D eigenvalue weighted by molar-refractivity contribution is -0.118. The molecule has 1 heterocycles. The first kappa shape index (κ1) is 22.1. The summed E-state index contributed by atoms with van der Waals surface area (Å²) < 4.78 is 7.05. The van der Waals surface area contributed by atoms with Crippen molar-refractivity contribution in [2.45, 2.75) is 5.16 Å². The molecule has 4 rings (SSSR count). The molecule has 0 aliphatic heterocycles. The van der Waals surface area contributed by atoms with Gasteiger partial charge in [-0.3, -0.25) is 9.36 Å². The predicted molar refractivity (Wildman–Crippen MR) is 128 cm³/mol. The van der Waals surface area contributed by atoms with E-state index in [0.717, 1.165) is 11.3 Å². The van der Waals surface area contributed by atoms with Gasteiger partial charge in [0.15, 0.2) is 11.0 Å². The molecule has 1 aromatic heterocycles. The molecule has 3 aromatic carbocycles. The zero-order valence-electron chi connectivity index (χ0n) is 17.8. The number of para-hydroxylation sites is 1. The van der Waals surface area contributed by atoms with Crippen molar-refractivity contribution in [2.24, 2.45) is 5.10 Å². The number of hydrogen-bond donors (Lipinski definition) is 2. The molecule has 0 bridgehead atoms. The number of phenolic OH excluding ortho intramolecular Hbond substituents is 1. The Morgan fingerprint density at radius 1 is 1.09 bits per heavy atom. The van der Waals surface area contributed by atoms with Gasteiger partial charge in [-0.15, -0.1) is 10.2 Å². The van der Waals surface area contributed by atoms with Crippen LogP contribution >= 0.6 is 11.8 Å². The van der Waals surface area contributed by atoms with E-state index < -0.39 is 0 Å². The number of thioether (sulfide) groups is 1. The summed E-state index contributed by atoms with van der Waals surface area (Å²) in [6, 6.07) is 24.3. The zero-order chi connectivity index (χ0) is 23.0. The topological polar surface area (TPSA) is 102 Å². The lowest BCUT2D eigenvalue weighted by Crippen LogP contribution is -2.20. The first-order chi connectivity index (χ1) is 16.2. The highest BCUT2D eigenvalue weighted by Crippen LogP contribution is 2.27. The minimum absolute atomic E-state index is 0.0348. The molecule has 0 saturated heterocycles. The number of nitrogens with zero attached hydrogens (tertiary/aromatic N) is 4. The molecule has 0 saturated carbocycles. The number of rotatable bonds is 8. The maximum atomic E-state index is 12.3. The van der Waals surface area contributed by atoms with Crippen LogP contribution in [0, 0.1) is 0 Å². The van der Waals surface area contributed by atoms with E-state index in [4.69, 9.17) is 4.74 Å². The summed E-state index contributed by atoms with van der Waals surface area (Å²) in [6.07, 6.45) is 1.36. The first-order valence-electron chi connectivity index (χ1n) is 10.0. The largest absolute Gasteiger partial charge is 0.507 e. The predicted octanol–water partition coefficient (Wildman–Crippen LogP) is 3.89. The van der Waals surface area contributed by atoms with Gasteiger partial charge in [0.1, 0.15) is 11.5 Å². The highest BCUT2D eigenvalue weighted by Gasteiger charge is 2.17. The fourth-order valence-electron chi connectivity index (χ4n) is 3.05. The van der Waals surface area contributed by atoms with Crippen molar-refractivity contribution in [3.8, 4) is 28.6 Å². The second-order valence-electron chi connectivity index (χ2n) is 6.85. The van der Waals surface area contributed by atoms with Gasteiger partial charge in [-0.25, -0.2) is 5.43 Å². The lowest BCUT2D eigenvalue weighted by atomic mass is 10.2. The number of nitrogens with one attached hydrogen (secondary N) is 1. The first-order valence-corrected chi connectivity index (χ1v) is 11.0. The number of aromatic nitrogens is 3. The van der Waals surface area contributed by atoms with Crippen molar-refractivity contribution in [1.29, 1.82) is 0 Å². The van der Waals surface area contributed by atoms with Gasteiger partial charge in [0.25, 0.3) is 5.91 Å². The van der Waals surface area contributed by atoms with Crippen molar-refractivity contribution >= 4 is 23.9 Å². The number of methoxy groups -OCH3 is 1. The highest BCUT2D eigenvalue weighted by atomic mass is 32.2. The molecular weight excluding hydrogens is 438 g/mol. The summed E-state index contributed by atoms with van der Waals surface area (Å²) in [5.41, 5.74) is 4.72. The second kappa shape index (κ2) is 10.5. The number of hydrazone groups is 1. The van der Waals surface area contributed by atoms with Crippen LogP contribution in [-0.2, 0) is 4.79 Å². The summed E-state index contributed by atoms with van der Waals surface area (Å²) in [5, 5.41) is 23.1. The van der Waals surface area contributed by atoms with Gasteiger partial charge >= 0.3 is 0 Å². The summed E-state index contributed by atoms with van der Waals surface area (Å²) >= 11 is 1.25. The molecule has 33 heavy (non-hydrogen) atoms. The minimum Gasteiger partial charge on any atom is -0.507 e. The smallest absolute Gasteiger partial charge is 0.250 e. The van der Waals surface area contributed by atoms with Crippen LogP contribution < -0.4 is 10.2 Å². The minimum atomic E-state index is -0.317. The second-order valence-corrected chi connectivity index (χ2v) is 7.79. The molecular formula is C24H21N5O3S. The number of hydrogen-bond acceptors (Lipinski definition) is 7. The van der Waals surface area contributed by atoms with E-state index in [-0.39, 0.29) is 17.4 Å². The molecule has 9 heteroatoms. The normalized spacial score (nSPS) is 10.9. The molecule has 0 fully saturated rings. The summed E-state index contributed by atoms with van der Waals surface area (Å²) in [5.74, 6) is 1.07. The van der Waals surface area contributed by atoms with Gasteiger partial charge < -0.3 is 9.84 Å². The molecule has 4 aromatic rings. The van der Waals surface area contributed by atoms with Crippen LogP contribution in [0.1, 0.15) is 5.56 Å². The molecule has 0 aliphatic rings. The van der Waals surface area contributed by atoms with Crippen molar-refractivity contribution in [3.63, 3.8) is 0 Å². The maximum Gasteiger partial charge on any atom is 0.250 e. The van der Waals surface area contributed by atoms with Gasteiger partial charge in [-0.05, 0) is 30.3 Å². The van der Waals surface area contributed by atoms with Gasteiger partial charge in [0, 0.05) is 16.8 Å². The molecule has 2 N–H and O–H groups in total. The summed E-state index contributed by atoms with van der Waals surface area (Å²) in [7, 11) is 1.53. The monoisotopic (exact) mass is 459 g/mol. The van der Waals surface area contributed by atoms with Crippen LogP contribution in [-0.4, -0.2) is 44.9 Å². The number of ether oxygens (including phenoxy) is 1. The number of benzene rings is 3. The summed E-state index contributed by atoms with van der Waals surface area (Å²) in [4.78, 5) is 12.3. The molecule has 0 radical (unpaired) electrons. The van der Waals surface area contributed by atoms with Crippen LogP contribution in [0.5, 0.6) is 11.5 Å². The molecule has 8 nitrogen and oxygen atoms in total. The number of phenols is 1. The van der Waals surface area contributed by atoms with Crippen LogP contribution in [0.2, 0.25) is 0 Å².